The number of imide groups is 2. The van der Waals surface area contributed by atoms with Crippen LogP contribution in [0.1, 0.15) is 36.8 Å². The van der Waals surface area contributed by atoms with Gasteiger partial charge in [0.05, 0.1) is 18.4 Å². The largest absolute Gasteiger partial charge is 0.508 e. The van der Waals surface area contributed by atoms with Crippen LogP contribution in [-0.2, 0) is 25.6 Å². The van der Waals surface area contributed by atoms with Gasteiger partial charge in [0.2, 0.25) is 17.6 Å². The molecule has 2 heterocycles. The van der Waals surface area contributed by atoms with Gasteiger partial charge in [-0.2, -0.15) is 0 Å². The maximum atomic E-state index is 15.2. The van der Waals surface area contributed by atoms with Gasteiger partial charge in [-0.3, -0.25) is 24.1 Å². The molecular formula is C36H27Cl2F5N2O7. The molecule has 3 aromatic rings. The Bertz CT molecular complexity index is 2090. The summed E-state index contributed by atoms with van der Waals surface area (Å²) >= 11 is 14.3. The summed E-state index contributed by atoms with van der Waals surface area (Å²) in [7, 11) is 0. The molecule has 2 N–H and O–H groups in total. The van der Waals surface area contributed by atoms with Gasteiger partial charge in [-0.25, -0.2) is 26.9 Å². The van der Waals surface area contributed by atoms with E-state index in [2.05, 4.69) is 0 Å². The number of rotatable bonds is 7. The van der Waals surface area contributed by atoms with E-state index in [9.17, 15) is 42.6 Å². The van der Waals surface area contributed by atoms with Crippen molar-refractivity contribution in [2.75, 3.05) is 18.1 Å². The summed E-state index contributed by atoms with van der Waals surface area (Å²) in [5.41, 5.74) is -0.792. The van der Waals surface area contributed by atoms with Gasteiger partial charge in [0.1, 0.15) is 11.4 Å². The SMILES string of the molecule is CCOc1cc([C@H]2C3=CC[C@@H]4C(=O)N(CCc5ccc(O)cc5)C(=O)[C@@H]4[C@@H]3C[C@@]3(Cl)C(=O)N(c4c(F)c(F)c(F)c(F)c4F)C(=O)[C@@]23Cl)ccc1O. The number of phenols is 2. The normalized spacial score (nSPS) is 28.2. The van der Waals surface area contributed by atoms with Crippen LogP contribution in [0.2, 0.25) is 0 Å². The summed E-state index contributed by atoms with van der Waals surface area (Å²) in [6.07, 6.45) is 1.17. The van der Waals surface area contributed by atoms with Gasteiger partial charge in [0.25, 0.3) is 11.8 Å². The number of fused-ring (bicyclic) bond motifs is 4. The van der Waals surface area contributed by atoms with Crippen molar-refractivity contribution in [1.82, 2.24) is 4.90 Å². The van der Waals surface area contributed by atoms with Crippen molar-refractivity contribution in [3.8, 4) is 17.2 Å². The maximum absolute atomic E-state index is 15.2. The highest BCUT2D eigenvalue weighted by atomic mass is 35.5. The van der Waals surface area contributed by atoms with Crippen LogP contribution in [0.25, 0.3) is 0 Å². The molecule has 2 aliphatic heterocycles. The number of carbonyl (C=O) groups is 4. The van der Waals surface area contributed by atoms with Gasteiger partial charge >= 0.3 is 0 Å². The summed E-state index contributed by atoms with van der Waals surface area (Å²) in [5, 5.41) is 20.1. The second kappa shape index (κ2) is 12.5. The van der Waals surface area contributed by atoms with E-state index in [4.69, 9.17) is 27.9 Å². The number of benzene rings is 3. The fraction of sp³-hybridized carbons (Fsp3) is 0.333. The molecule has 2 saturated heterocycles. The number of anilines is 1. The summed E-state index contributed by atoms with van der Waals surface area (Å²) in [6.45, 7) is 1.66. The molecular weight excluding hydrogens is 738 g/mol. The maximum Gasteiger partial charge on any atom is 0.258 e. The Morgan fingerprint density at radius 1 is 0.846 bits per heavy atom. The first-order valence-electron chi connectivity index (χ1n) is 16.1. The third kappa shape index (κ3) is 4.86. The van der Waals surface area contributed by atoms with Gasteiger partial charge in [0, 0.05) is 12.5 Å². The number of amides is 4. The van der Waals surface area contributed by atoms with Crippen LogP contribution in [-0.4, -0.2) is 61.6 Å². The Morgan fingerprint density at radius 3 is 2.12 bits per heavy atom. The van der Waals surface area contributed by atoms with E-state index < -0.39 is 98.2 Å². The average molecular weight is 766 g/mol. The first-order chi connectivity index (χ1) is 24.6. The molecule has 0 bridgehead atoms. The number of ether oxygens (including phenoxy) is 1. The van der Waals surface area contributed by atoms with Crippen LogP contribution in [0, 0.1) is 46.8 Å². The number of phenolic OH excluding ortho intramolecular Hbond substituents is 2. The van der Waals surface area contributed by atoms with Crippen molar-refractivity contribution in [3.63, 3.8) is 0 Å². The highest BCUT2D eigenvalue weighted by molar-refractivity contribution is 6.58. The van der Waals surface area contributed by atoms with Crippen molar-refractivity contribution >= 4 is 52.5 Å². The van der Waals surface area contributed by atoms with E-state index >= 15 is 8.78 Å². The van der Waals surface area contributed by atoms with E-state index in [-0.39, 0.29) is 59.3 Å². The summed E-state index contributed by atoms with van der Waals surface area (Å²) in [5.74, 6) is -21.7. The molecule has 0 radical (unpaired) electrons. The van der Waals surface area contributed by atoms with E-state index in [1.807, 2.05) is 0 Å². The molecule has 7 rings (SSSR count). The Labute approximate surface area is 302 Å². The van der Waals surface area contributed by atoms with E-state index in [0.29, 0.717) is 0 Å². The van der Waals surface area contributed by atoms with Crippen LogP contribution in [0.4, 0.5) is 27.6 Å². The van der Waals surface area contributed by atoms with Crippen LogP contribution in [0.5, 0.6) is 17.2 Å². The van der Waals surface area contributed by atoms with Crippen molar-refractivity contribution in [1.29, 1.82) is 0 Å². The lowest BCUT2D eigenvalue weighted by Crippen LogP contribution is -2.60. The first kappa shape index (κ1) is 35.7. The summed E-state index contributed by atoms with van der Waals surface area (Å²) < 4.78 is 79.0. The number of aromatic hydroxyl groups is 2. The number of hydrogen-bond donors (Lipinski definition) is 2. The number of alkyl halides is 2. The van der Waals surface area contributed by atoms with E-state index in [0.717, 1.165) is 10.5 Å². The second-order valence-electron chi connectivity index (χ2n) is 13.1. The van der Waals surface area contributed by atoms with Gasteiger partial charge in [-0.05, 0) is 67.5 Å². The smallest absolute Gasteiger partial charge is 0.258 e. The highest BCUT2D eigenvalue weighted by Crippen LogP contribution is 2.66. The van der Waals surface area contributed by atoms with Gasteiger partial charge in [0.15, 0.2) is 44.5 Å². The standard InChI is InChI=1S/C36H27Cl2F5N2O7/c1-2-52-22-13-16(5-10-21(22)47)24-18-8-9-19-23(32(49)44(31(19)48)12-11-15-3-6-17(46)7-4-15)20(18)14-35(37)33(50)45(34(51)36(24,35)38)30-28(42)26(40)25(39)27(41)29(30)43/h3-8,10,13,19-20,23-24,46-47H,2,9,11-12,14H2,1H3/t19-,20+,23-,24-,35+,36-/m0/s1. The summed E-state index contributed by atoms with van der Waals surface area (Å²) in [4.78, 5) is 52.0. The zero-order valence-corrected chi connectivity index (χ0v) is 28.5. The molecule has 2 aliphatic carbocycles. The Balaban J connectivity index is 1.37. The van der Waals surface area contributed by atoms with Crippen molar-refractivity contribution in [2.24, 2.45) is 17.8 Å². The predicted molar refractivity (Wildman–Crippen MR) is 174 cm³/mol. The minimum Gasteiger partial charge on any atom is -0.508 e. The predicted octanol–water partition coefficient (Wildman–Crippen LogP) is 6.00. The lowest BCUT2D eigenvalue weighted by molar-refractivity contribution is -0.140. The van der Waals surface area contributed by atoms with Crippen molar-refractivity contribution in [2.45, 2.75) is 41.9 Å². The fourth-order valence-electron chi connectivity index (χ4n) is 8.11. The van der Waals surface area contributed by atoms with Gasteiger partial charge in [-0.15, -0.1) is 23.2 Å². The second-order valence-corrected chi connectivity index (χ2v) is 14.3. The molecule has 3 aromatic carbocycles. The number of nitrogens with zero attached hydrogens (tertiary/aromatic N) is 2. The minimum absolute atomic E-state index is 0.0184. The van der Waals surface area contributed by atoms with Gasteiger partial charge < -0.3 is 14.9 Å². The number of likely N-dealkylation sites (tertiary alicyclic amines) is 1. The Kier molecular flexibility index (Phi) is 8.56. The molecule has 6 atom stereocenters. The van der Waals surface area contributed by atoms with Crippen molar-refractivity contribution < 1.29 is 56.1 Å². The lowest BCUT2D eigenvalue weighted by Gasteiger charge is -2.50. The first-order valence-corrected chi connectivity index (χ1v) is 16.9. The molecule has 4 amide bonds. The third-order valence-corrected chi connectivity index (χ3v) is 11.9. The van der Waals surface area contributed by atoms with Gasteiger partial charge in [-0.1, -0.05) is 29.8 Å². The van der Waals surface area contributed by atoms with Crippen LogP contribution >= 0.6 is 23.2 Å². The van der Waals surface area contributed by atoms with Crippen LogP contribution in [0.15, 0.2) is 54.1 Å². The molecule has 4 aliphatic rings. The molecule has 272 valence electrons. The topological polar surface area (TPSA) is 124 Å². The lowest BCUT2D eigenvalue weighted by atomic mass is 9.56. The van der Waals surface area contributed by atoms with E-state index in [1.165, 1.54) is 30.3 Å². The molecule has 52 heavy (non-hydrogen) atoms. The van der Waals surface area contributed by atoms with Crippen molar-refractivity contribution in [3.05, 3.63) is 94.3 Å². The number of hydrogen-bond acceptors (Lipinski definition) is 7. The highest BCUT2D eigenvalue weighted by Gasteiger charge is 2.77. The number of carbonyl (C=O) groups excluding carboxylic acids is 4. The van der Waals surface area contributed by atoms with Crippen LogP contribution in [0.3, 0.4) is 0 Å². The minimum atomic E-state index is -2.70. The zero-order valence-electron chi connectivity index (χ0n) is 26.9. The molecule has 0 aromatic heterocycles. The molecule has 3 fully saturated rings. The fourth-order valence-corrected chi connectivity index (χ4v) is 9.05. The molecule has 0 unspecified atom stereocenters. The molecule has 1 saturated carbocycles. The quantitative estimate of drug-likeness (QED) is 0.0756. The summed E-state index contributed by atoms with van der Waals surface area (Å²) in [6, 6.07) is 9.98. The number of halogens is 7. The van der Waals surface area contributed by atoms with E-state index in [1.54, 1.807) is 25.1 Å². The zero-order chi connectivity index (χ0) is 37.6. The Hall–Kier alpha value is -4.69. The third-order valence-electron chi connectivity index (χ3n) is 10.5. The van der Waals surface area contributed by atoms with Crippen LogP contribution < -0.4 is 9.64 Å². The average Bonchev–Trinajstić information content (AvgIpc) is 3.45. The molecule has 16 heteroatoms. The Morgan fingerprint density at radius 2 is 1.48 bits per heavy atom. The molecule has 0 spiro atoms. The monoisotopic (exact) mass is 764 g/mol. The molecule has 9 nitrogen and oxygen atoms in total. The number of allylic oxidation sites excluding steroid dienone is 2.